The molecule has 7 nitrogen and oxygen atoms in total. The van der Waals surface area contributed by atoms with Gasteiger partial charge >= 0.3 is 12.1 Å². The monoisotopic (exact) mass is 394 g/mol. The van der Waals surface area contributed by atoms with Crippen LogP contribution in [0, 0.1) is 5.41 Å². The van der Waals surface area contributed by atoms with Crippen molar-refractivity contribution in [3.05, 3.63) is 54.1 Å². The van der Waals surface area contributed by atoms with E-state index in [0.717, 1.165) is 12.0 Å². The first-order chi connectivity index (χ1) is 13.9. The van der Waals surface area contributed by atoms with Crippen molar-refractivity contribution < 1.29 is 14.3 Å². The number of amides is 1. The lowest BCUT2D eigenvalue weighted by atomic mass is 9.98. The summed E-state index contributed by atoms with van der Waals surface area (Å²) in [4.78, 5) is 16.5. The standard InChI is InChI=1S/C22H26N4O3/c1-5-15(4)16-10-6-9-13-19(16)29-20(23)26-18-12-8-7-11-17(18)24-21(26)25-22(27)28-14(2)3/h6-15,23H,5H2,1-4H3,(H,24,25,27). The van der Waals surface area contributed by atoms with Crippen LogP contribution in [0.1, 0.15) is 45.6 Å². The van der Waals surface area contributed by atoms with E-state index in [4.69, 9.17) is 14.9 Å². The summed E-state index contributed by atoms with van der Waals surface area (Å²) in [5, 5.41) is 11.2. The molecule has 3 rings (SSSR count). The van der Waals surface area contributed by atoms with Crippen LogP contribution in [-0.4, -0.2) is 27.8 Å². The molecule has 2 aromatic carbocycles. The molecule has 0 spiro atoms. The number of hydrogen-bond donors (Lipinski definition) is 2. The van der Waals surface area contributed by atoms with Gasteiger partial charge in [-0.25, -0.2) is 14.3 Å². The molecule has 0 fully saturated rings. The van der Waals surface area contributed by atoms with Gasteiger partial charge < -0.3 is 9.47 Å². The second-order valence-corrected chi connectivity index (χ2v) is 7.09. The van der Waals surface area contributed by atoms with E-state index in [0.29, 0.717) is 16.8 Å². The molecule has 1 unspecified atom stereocenters. The summed E-state index contributed by atoms with van der Waals surface area (Å²) in [6.07, 6.45) is 0.0468. The zero-order chi connectivity index (χ0) is 21.0. The number of carbonyl (C=O) groups excluding carboxylic acids is 1. The maximum Gasteiger partial charge on any atom is 0.414 e. The summed E-state index contributed by atoms with van der Waals surface area (Å²) >= 11 is 0. The van der Waals surface area contributed by atoms with E-state index in [-0.39, 0.29) is 24.0 Å². The van der Waals surface area contributed by atoms with Crippen LogP contribution in [-0.2, 0) is 4.74 Å². The Hall–Kier alpha value is -3.35. The van der Waals surface area contributed by atoms with Gasteiger partial charge in [0.05, 0.1) is 17.1 Å². The van der Waals surface area contributed by atoms with Gasteiger partial charge in [-0.2, -0.15) is 0 Å². The number of fused-ring (bicyclic) bond motifs is 1. The van der Waals surface area contributed by atoms with E-state index in [2.05, 4.69) is 24.1 Å². The predicted molar refractivity (Wildman–Crippen MR) is 114 cm³/mol. The van der Waals surface area contributed by atoms with Crippen molar-refractivity contribution in [2.45, 2.75) is 46.1 Å². The highest BCUT2D eigenvalue weighted by atomic mass is 16.6. The number of nitrogens with one attached hydrogen (secondary N) is 2. The number of ether oxygens (including phenoxy) is 2. The molecule has 0 aliphatic heterocycles. The number of aromatic nitrogens is 2. The Balaban J connectivity index is 1.97. The average molecular weight is 394 g/mol. The fourth-order valence-electron chi connectivity index (χ4n) is 3.00. The van der Waals surface area contributed by atoms with Gasteiger partial charge in [0, 0.05) is 0 Å². The lowest BCUT2D eigenvalue weighted by Crippen LogP contribution is -2.25. The van der Waals surface area contributed by atoms with Crippen LogP contribution in [0.5, 0.6) is 5.75 Å². The SMILES string of the molecule is CCC(C)c1ccccc1OC(=N)n1c(NC(=O)OC(C)C)nc2ccccc21. The minimum Gasteiger partial charge on any atom is -0.447 e. The van der Waals surface area contributed by atoms with E-state index >= 15 is 0 Å². The van der Waals surface area contributed by atoms with Crippen LogP contribution in [0.4, 0.5) is 10.7 Å². The second kappa shape index (κ2) is 8.77. The Bertz CT molecular complexity index is 1030. The topological polar surface area (TPSA) is 89.2 Å². The molecule has 0 aliphatic rings. The fourth-order valence-corrected chi connectivity index (χ4v) is 3.00. The van der Waals surface area contributed by atoms with Gasteiger partial charge in [0.15, 0.2) is 0 Å². The quantitative estimate of drug-likeness (QED) is 0.450. The first-order valence-electron chi connectivity index (χ1n) is 9.71. The highest BCUT2D eigenvalue weighted by molar-refractivity contribution is 5.95. The minimum atomic E-state index is -0.635. The van der Waals surface area contributed by atoms with Crippen LogP contribution in [0.3, 0.4) is 0 Å². The Morgan fingerprint density at radius 1 is 1.14 bits per heavy atom. The molecule has 0 radical (unpaired) electrons. The van der Waals surface area contributed by atoms with Gasteiger partial charge in [-0.3, -0.25) is 10.7 Å². The highest BCUT2D eigenvalue weighted by Crippen LogP contribution is 2.29. The maximum atomic E-state index is 12.1. The molecule has 0 bridgehead atoms. The van der Waals surface area contributed by atoms with Crippen molar-refractivity contribution in [1.82, 2.24) is 9.55 Å². The second-order valence-electron chi connectivity index (χ2n) is 7.09. The van der Waals surface area contributed by atoms with Crippen molar-refractivity contribution >= 4 is 29.1 Å². The molecule has 0 aliphatic carbocycles. The first-order valence-corrected chi connectivity index (χ1v) is 9.71. The van der Waals surface area contributed by atoms with Crippen LogP contribution < -0.4 is 10.1 Å². The number of hydrogen-bond acceptors (Lipinski definition) is 5. The molecule has 1 heterocycles. The lowest BCUT2D eigenvalue weighted by molar-refractivity contribution is 0.129. The van der Waals surface area contributed by atoms with E-state index in [9.17, 15) is 4.79 Å². The average Bonchev–Trinajstić information content (AvgIpc) is 3.04. The molecule has 0 saturated carbocycles. The third-order valence-corrected chi connectivity index (χ3v) is 4.59. The lowest BCUT2D eigenvalue weighted by Gasteiger charge is -2.17. The zero-order valence-corrected chi connectivity index (χ0v) is 17.1. The van der Waals surface area contributed by atoms with Gasteiger partial charge in [-0.15, -0.1) is 0 Å². The Labute approximate surface area is 170 Å². The Morgan fingerprint density at radius 3 is 2.55 bits per heavy atom. The summed E-state index contributed by atoms with van der Waals surface area (Å²) in [5.74, 6) is 1.07. The Kier molecular flexibility index (Phi) is 6.16. The van der Waals surface area contributed by atoms with Crippen LogP contribution in [0.15, 0.2) is 48.5 Å². The molecule has 1 amide bonds. The van der Waals surface area contributed by atoms with Gasteiger partial charge in [0.1, 0.15) is 5.75 Å². The summed E-state index contributed by atoms with van der Waals surface area (Å²) < 4.78 is 12.6. The maximum absolute atomic E-state index is 12.1. The molecule has 2 N–H and O–H groups in total. The van der Waals surface area contributed by atoms with Gasteiger partial charge in [0.2, 0.25) is 5.95 Å². The van der Waals surface area contributed by atoms with Crippen molar-refractivity contribution in [1.29, 1.82) is 5.41 Å². The summed E-state index contributed by atoms with van der Waals surface area (Å²) in [6, 6.07) is 14.8. The fraction of sp³-hybridized carbons (Fsp3) is 0.318. The van der Waals surface area contributed by atoms with E-state index in [1.807, 2.05) is 48.5 Å². The number of benzene rings is 2. The van der Waals surface area contributed by atoms with Crippen LogP contribution >= 0.6 is 0 Å². The molecule has 0 saturated heterocycles. The van der Waals surface area contributed by atoms with Crippen LogP contribution in [0.2, 0.25) is 0 Å². The van der Waals surface area contributed by atoms with Crippen molar-refractivity contribution in [2.75, 3.05) is 5.32 Å². The Morgan fingerprint density at radius 2 is 1.83 bits per heavy atom. The minimum absolute atomic E-state index is 0.158. The zero-order valence-electron chi connectivity index (χ0n) is 17.1. The number of para-hydroxylation sites is 3. The summed E-state index contributed by atoms with van der Waals surface area (Å²) in [5.41, 5.74) is 2.31. The molecular formula is C22H26N4O3. The van der Waals surface area contributed by atoms with E-state index in [1.54, 1.807) is 13.8 Å². The first kappa shape index (κ1) is 20.4. The van der Waals surface area contributed by atoms with Crippen molar-refractivity contribution in [3.63, 3.8) is 0 Å². The van der Waals surface area contributed by atoms with E-state index in [1.165, 1.54) is 4.57 Å². The molecular weight excluding hydrogens is 368 g/mol. The summed E-state index contributed by atoms with van der Waals surface area (Å²) in [6.45, 7) is 7.75. The van der Waals surface area contributed by atoms with Gasteiger partial charge in [-0.1, -0.05) is 44.2 Å². The van der Waals surface area contributed by atoms with Crippen molar-refractivity contribution in [3.8, 4) is 5.75 Å². The van der Waals surface area contributed by atoms with E-state index < -0.39 is 6.09 Å². The van der Waals surface area contributed by atoms with Gasteiger partial charge in [0.25, 0.3) is 0 Å². The number of anilines is 1. The largest absolute Gasteiger partial charge is 0.447 e. The predicted octanol–water partition coefficient (Wildman–Crippen LogP) is 5.37. The smallest absolute Gasteiger partial charge is 0.414 e. The molecule has 1 aromatic heterocycles. The molecule has 7 heteroatoms. The molecule has 152 valence electrons. The number of nitrogens with zero attached hydrogens (tertiary/aromatic N) is 2. The highest BCUT2D eigenvalue weighted by Gasteiger charge is 2.20. The van der Waals surface area contributed by atoms with Gasteiger partial charge in [-0.05, 0) is 49.9 Å². The third-order valence-electron chi connectivity index (χ3n) is 4.59. The van der Waals surface area contributed by atoms with Crippen molar-refractivity contribution in [2.24, 2.45) is 0 Å². The normalized spacial score (nSPS) is 12.0. The summed E-state index contributed by atoms with van der Waals surface area (Å²) in [7, 11) is 0. The molecule has 29 heavy (non-hydrogen) atoms. The number of rotatable bonds is 5. The molecule has 3 aromatic rings. The molecule has 1 atom stereocenters. The van der Waals surface area contributed by atoms with Crippen LogP contribution in [0.25, 0.3) is 11.0 Å². The number of carbonyl (C=O) groups is 1. The number of imidazole rings is 1. The third kappa shape index (κ3) is 4.56.